The highest BCUT2D eigenvalue weighted by molar-refractivity contribution is 5.67. The summed E-state index contributed by atoms with van der Waals surface area (Å²) in [6, 6.07) is 1.42. The number of halogens is 2. The van der Waals surface area contributed by atoms with Crippen molar-refractivity contribution >= 4 is 6.09 Å². The molecule has 1 amide bonds. The van der Waals surface area contributed by atoms with Gasteiger partial charge in [0.25, 0.3) is 0 Å². The molecule has 4 nitrogen and oxygen atoms in total. The molecule has 1 aromatic carbocycles. The van der Waals surface area contributed by atoms with Crippen molar-refractivity contribution in [1.82, 2.24) is 5.32 Å². The summed E-state index contributed by atoms with van der Waals surface area (Å²) in [6.07, 6.45) is -0.680. The number of hydrogen-bond acceptors (Lipinski definition) is 3. The van der Waals surface area contributed by atoms with E-state index < -0.39 is 29.4 Å². The number of carbonyl (C=O) groups excluding carboxylic acids is 1. The highest BCUT2D eigenvalue weighted by Gasteiger charge is 2.20. The van der Waals surface area contributed by atoms with Gasteiger partial charge in [-0.2, -0.15) is 0 Å². The molecule has 0 saturated heterocycles. The summed E-state index contributed by atoms with van der Waals surface area (Å²) in [5, 5.41) is 2.39. The number of carbonyl (C=O) groups is 1. The van der Waals surface area contributed by atoms with E-state index in [0.717, 1.165) is 0 Å². The van der Waals surface area contributed by atoms with Crippen molar-refractivity contribution in [2.24, 2.45) is 5.73 Å². The maximum atomic E-state index is 13.7. The van der Waals surface area contributed by atoms with Crippen LogP contribution < -0.4 is 11.1 Å². The van der Waals surface area contributed by atoms with Crippen LogP contribution in [0, 0.1) is 18.6 Å². The molecule has 0 aliphatic heterocycles. The predicted molar refractivity (Wildman–Crippen MR) is 72.3 cm³/mol. The van der Waals surface area contributed by atoms with Crippen LogP contribution in [-0.2, 0) is 4.74 Å². The lowest BCUT2D eigenvalue weighted by atomic mass is 10.0. The van der Waals surface area contributed by atoms with Gasteiger partial charge in [0, 0.05) is 12.1 Å². The van der Waals surface area contributed by atoms with Crippen molar-refractivity contribution < 1.29 is 18.3 Å². The van der Waals surface area contributed by atoms with Crippen LogP contribution in [0.2, 0.25) is 0 Å². The van der Waals surface area contributed by atoms with Gasteiger partial charge in [-0.3, -0.25) is 0 Å². The Morgan fingerprint density at radius 3 is 2.30 bits per heavy atom. The van der Waals surface area contributed by atoms with E-state index in [4.69, 9.17) is 10.5 Å². The minimum absolute atomic E-state index is 0.119. The van der Waals surface area contributed by atoms with Gasteiger partial charge in [0.15, 0.2) is 0 Å². The van der Waals surface area contributed by atoms with Crippen molar-refractivity contribution in [3.63, 3.8) is 0 Å². The highest BCUT2D eigenvalue weighted by Crippen LogP contribution is 2.20. The summed E-state index contributed by atoms with van der Waals surface area (Å²) in [6.45, 7) is 6.61. The molecule has 1 aromatic rings. The Labute approximate surface area is 117 Å². The maximum Gasteiger partial charge on any atom is 0.407 e. The molecular formula is C14H20F2N2O2. The number of aryl methyl sites for hydroxylation is 1. The molecule has 0 saturated carbocycles. The van der Waals surface area contributed by atoms with Crippen LogP contribution in [0.3, 0.4) is 0 Å². The first kappa shape index (κ1) is 16.4. The van der Waals surface area contributed by atoms with Gasteiger partial charge in [-0.15, -0.1) is 0 Å². The summed E-state index contributed by atoms with van der Waals surface area (Å²) in [5.41, 5.74) is 5.29. The van der Waals surface area contributed by atoms with Crippen LogP contribution in [0.25, 0.3) is 0 Å². The number of benzene rings is 1. The monoisotopic (exact) mass is 286 g/mol. The standard InChI is InChI=1S/C14H20F2N2O2/c1-8-5-9(15)12(10(16)6-8)11(17)7-18-13(19)20-14(2,3)4/h5-6,11H,7,17H2,1-4H3,(H,18,19). The zero-order valence-corrected chi connectivity index (χ0v) is 12.1. The number of hydrogen-bond donors (Lipinski definition) is 2. The predicted octanol–water partition coefficient (Wildman–Crippen LogP) is 2.80. The average Bonchev–Trinajstić information content (AvgIpc) is 2.22. The lowest BCUT2D eigenvalue weighted by molar-refractivity contribution is 0.0524. The second-order valence-electron chi connectivity index (χ2n) is 5.63. The molecule has 0 aliphatic rings. The fourth-order valence-corrected chi connectivity index (χ4v) is 1.67. The van der Waals surface area contributed by atoms with Crippen molar-refractivity contribution in [3.05, 3.63) is 34.9 Å². The number of nitrogens with two attached hydrogens (primary N) is 1. The van der Waals surface area contributed by atoms with Crippen LogP contribution in [-0.4, -0.2) is 18.2 Å². The van der Waals surface area contributed by atoms with Crippen LogP contribution in [0.1, 0.15) is 37.9 Å². The third-order valence-electron chi connectivity index (χ3n) is 2.46. The summed E-state index contributed by atoms with van der Waals surface area (Å²) in [4.78, 5) is 11.4. The first-order valence-corrected chi connectivity index (χ1v) is 6.28. The average molecular weight is 286 g/mol. The van der Waals surface area contributed by atoms with Crippen LogP contribution in [0.15, 0.2) is 12.1 Å². The third kappa shape index (κ3) is 4.77. The Bertz CT molecular complexity index is 475. The second-order valence-corrected chi connectivity index (χ2v) is 5.63. The minimum atomic E-state index is -0.983. The van der Waals surface area contributed by atoms with Crippen LogP contribution in [0.5, 0.6) is 0 Å². The van der Waals surface area contributed by atoms with E-state index in [0.29, 0.717) is 5.56 Å². The van der Waals surface area contributed by atoms with Gasteiger partial charge in [0.05, 0.1) is 6.04 Å². The Morgan fingerprint density at radius 2 is 1.85 bits per heavy atom. The molecule has 0 aliphatic carbocycles. The summed E-state index contributed by atoms with van der Waals surface area (Å²) in [7, 11) is 0. The van der Waals surface area contributed by atoms with Gasteiger partial charge in [0.2, 0.25) is 0 Å². The Morgan fingerprint density at radius 1 is 1.35 bits per heavy atom. The van der Waals surface area contributed by atoms with E-state index in [2.05, 4.69) is 5.32 Å². The van der Waals surface area contributed by atoms with E-state index in [-0.39, 0.29) is 12.1 Å². The third-order valence-corrected chi connectivity index (χ3v) is 2.46. The van der Waals surface area contributed by atoms with Gasteiger partial charge in [-0.05, 0) is 45.4 Å². The summed E-state index contributed by atoms with van der Waals surface area (Å²) in [5.74, 6) is -1.44. The molecule has 0 radical (unpaired) electrons. The normalized spacial score (nSPS) is 12.9. The van der Waals surface area contributed by atoms with E-state index in [1.165, 1.54) is 12.1 Å². The summed E-state index contributed by atoms with van der Waals surface area (Å²) >= 11 is 0. The van der Waals surface area contributed by atoms with E-state index in [1.807, 2.05) is 0 Å². The van der Waals surface area contributed by atoms with Gasteiger partial charge in [-0.25, -0.2) is 13.6 Å². The molecule has 112 valence electrons. The highest BCUT2D eigenvalue weighted by atomic mass is 19.1. The first-order chi connectivity index (χ1) is 9.10. The molecule has 6 heteroatoms. The molecule has 1 unspecified atom stereocenters. The molecular weight excluding hydrogens is 266 g/mol. The van der Waals surface area contributed by atoms with Crippen LogP contribution in [0.4, 0.5) is 13.6 Å². The molecule has 0 spiro atoms. The minimum Gasteiger partial charge on any atom is -0.444 e. The second kappa shape index (κ2) is 6.17. The van der Waals surface area contributed by atoms with Crippen molar-refractivity contribution in [3.8, 4) is 0 Å². The molecule has 0 fully saturated rings. The zero-order valence-electron chi connectivity index (χ0n) is 12.1. The van der Waals surface area contributed by atoms with Crippen molar-refractivity contribution in [2.75, 3.05) is 6.54 Å². The van der Waals surface area contributed by atoms with E-state index in [9.17, 15) is 13.6 Å². The van der Waals surface area contributed by atoms with Gasteiger partial charge in [0.1, 0.15) is 17.2 Å². The van der Waals surface area contributed by atoms with Gasteiger partial charge < -0.3 is 15.8 Å². The molecule has 3 N–H and O–H groups in total. The molecule has 20 heavy (non-hydrogen) atoms. The SMILES string of the molecule is Cc1cc(F)c(C(N)CNC(=O)OC(C)(C)C)c(F)c1. The van der Waals surface area contributed by atoms with Crippen molar-refractivity contribution in [1.29, 1.82) is 0 Å². The Balaban J connectivity index is 2.69. The molecule has 1 rings (SSSR count). The van der Waals surface area contributed by atoms with Gasteiger partial charge >= 0.3 is 6.09 Å². The molecule has 0 aromatic heterocycles. The Hall–Kier alpha value is -1.69. The summed E-state index contributed by atoms with van der Waals surface area (Å²) < 4.78 is 32.4. The van der Waals surface area contributed by atoms with E-state index >= 15 is 0 Å². The molecule has 0 bridgehead atoms. The zero-order chi connectivity index (χ0) is 15.5. The fourth-order valence-electron chi connectivity index (χ4n) is 1.67. The van der Waals surface area contributed by atoms with Crippen molar-refractivity contribution in [2.45, 2.75) is 39.3 Å². The lowest BCUT2D eigenvalue weighted by Crippen LogP contribution is -2.37. The lowest BCUT2D eigenvalue weighted by Gasteiger charge is -2.21. The largest absolute Gasteiger partial charge is 0.444 e. The molecule has 1 atom stereocenters. The maximum absolute atomic E-state index is 13.7. The number of alkyl carbamates (subject to hydrolysis) is 1. The van der Waals surface area contributed by atoms with Crippen LogP contribution >= 0.6 is 0 Å². The fraction of sp³-hybridized carbons (Fsp3) is 0.500. The number of amides is 1. The Kier molecular flexibility index (Phi) is 5.05. The number of nitrogens with one attached hydrogen (secondary N) is 1. The smallest absolute Gasteiger partial charge is 0.407 e. The topological polar surface area (TPSA) is 64.3 Å². The molecule has 0 heterocycles. The number of rotatable bonds is 3. The van der Waals surface area contributed by atoms with E-state index in [1.54, 1.807) is 27.7 Å². The number of ether oxygens (including phenoxy) is 1. The first-order valence-electron chi connectivity index (χ1n) is 6.28. The quantitative estimate of drug-likeness (QED) is 0.898. The van der Waals surface area contributed by atoms with Gasteiger partial charge in [-0.1, -0.05) is 0 Å².